The van der Waals surface area contributed by atoms with Crippen molar-refractivity contribution in [2.24, 2.45) is 5.92 Å². The number of carbonyl (C=O) groups is 2. The number of amides is 2. The van der Waals surface area contributed by atoms with Crippen LogP contribution < -0.4 is 5.32 Å². The van der Waals surface area contributed by atoms with Crippen molar-refractivity contribution in [2.75, 3.05) is 18.4 Å². The Kier molecular flexibility index (Phi) is 6.33. The SMILES string of the molecule is O=C(Nc1ccc(Cl)cn1)C1CCN(C(=O)c2cnn(-c3ccccc3F)c2-n2cccc2)CC1. The molecule has 1 aromatic carbocycles. The van der Waals surface area contributed by atoms with E-state index in [9.17, 15) is 14.0 Å². The third-order valence-electron chi connectivity index (χ3n) is 6.04. The van der Waals surface area contributed by atoms with Gasteiger partial charge < -0.3 is 14.8 Å². The number of nitrogens with zero attached hydrogens (tertiary/aromatic N) is 5. The molecule has 0 saturated carbocycles. The smallest absolute Gasteiger partial charge is 0.259 e. The van der Waals surface area contributed by atoms with Gasteiger partial charge in [0, 0.05) is 37.6 Å². The summed E-state index contributed by atoms with van der Waals surface area (Å²) in [5.41, 5.74) is 0.610. The molecule has 4 aromatic rings. The van der Waals surface area contributed by atoms with Gasteiger partial charge in [0.15, 0.2) is 5.82 Å². The number of hydrogen-bond acceptors (Lipinski definition) is 4. The maximum atomic E-state index is 14.5. The fraction of sp³-hybridized carbons (Fsp3) is 0.200. The molecule has 4 heterocycles. The van der Waals surface area contributed by atoms with Crippen molar-refractivity contribution in [1.29, 1.82) is 0 Å². The number of pyridine rings is 1. The molecule has 0 bridgehead atoms. The van der Waals surface area contributed by atoms with Gasteiger partial charge in [0.05, 0.1) is 11.2 Å². The van der Waals surface area contributed by atoms with Gasteiger partial charge in [0.2, 0.25) is 5.91 Å². The van der Waals surface area contributed by atoms with Crippen molar-refractivity contribution >= 4 is 29.2 Å². The zero-order valence-electron chi connectivity index (χ0n) is 18.6. The van der Waals surface area contributed by atoms with E-state index in [1.165, 1.54) is 23.1 Å². The molecule has 1 saturated heterocycles. The van der Waals surface area contributed by atoms with E-state index in [0.717, 1.165) is 0 Å². The van der Waals surface area contributed by atoms with Crippen molar-refractivity contribution in [3.8, 4) is 11.5 Å². The van der Waals surface area contributed by atoms with Crippen LogP contribution in [0.3, 0.4) is 0 Å². The van der Waals surface area contributed by atoms with E-state index in [1.807, 2.05) is 12.1 Å². The maximum absolute atomic E-state index is 14.5. The van der Waals surface area contributed by atoms with Gasteiger partial charge in [0.25, 0.3) is 5.91 Å². The number of aromatic nitrogens is 4. The monoisotopic (exact) mass is 492 g/mol. The highest BCUT2D eigenvalue weighted by atomic mass is 35.5. The lowest BCUT2D eigenvalue weighted by molar-refractivity contribution is -0.121. The summed E-state index contributed by atoms with van der Waals surface area (Å²) in [7, 11) is 0. The number of carbonyl (C=O) groups excluding carboxylic acids is 2. The number of likely N-dealkylation sites (tertiary alicyclic amines) is 1. The summed E-state index contributed by atoms with van der Waals surface area (Å²) in [6, 6.07) is 13.3. The average Bonchev–Trinajstić information content (AvgIpc) is 3.55. The lowest BCUT2D eigenvalue weighted by Crippen LogP contribution is -2.41. The van der Waals surface area contributed by atoms with Crippen molar-refractivity contribution in [1.82, 2.24) is 24.2 Å². The Bertz CT molecular complexity index is 1340. The highest BCUT2D eigenvalue weighted by molar-refractivity contribution is 6.30. The van der Waals surface area contributed by atoms with Crippen LogP contribution in [0.5, 0.6) is 0 Å². The molecule has 1 fully saturated rings. The molecule has 10 heteroatoms. The molecule has 5 rings (SSSR count). The fourth-order valence-electron chi connectivity index (χ4n) is 4.21. The molecule has 0 spiro atoms. The topological polar surface area (TPSA) is 85.1 Å². The van der Waals surface area contributed by atoms with Crippen molar-refractivity contribution in [3.05, 3.63) is 89.7 Å². The Hall–Kier alpha value is -3.98. The Labute approximate surface area is 205 Å². The summed E-state index contributed by atoms with van der Waals surface area (Å²) < 4.78 is 17.7. The van der Waals surface area contributed by atoms with Crippen molar-refractivity contribution in [3.63, 3.8) is 0 Å². The molecule has 0 aliphatic carbocycles. The number of para-hydroxylation sites is 1. The largest absolute Gasteiger partial charge is 0.338 e. The minimum Gasteiger partial charge on any atom is -0.338 e. The first-order valence-electron chi connectivity index (χ1n) is 11.2. The van der Waals surface area contributed by atoms with E-state index in [4.69, 9.17) is 11.6 Å². The first-order valence-corrected chi connectivity index (χ1v) is 11.6. The van der Waals surface area contributed by atoms with Crippen LogP contribution in [0.15, 0.2) is 73.3 Å². The summed E-state index contributed by atoms with van der Waals surface area (Å²) in [6.45, 7) is 0.835. The van der Waals surface area contributed by atoms with Crippen LogP contribution in [0.2, 0.25) is 5.02 Å². The van der Waals surface area contributed by atoms with Crippen LogP contribution >= 0.6 is 11.6 Å². The first-order chi connectivity index (χ1) is 17.0. The number of anilines is 1. The van der Waals surface area contributed by atoms with E-state index in [0.29, 0.717) is 48.2 Å². The van der Waals surface area contributed by atoms with Crippen LogP contribution in [0.1, 0.15) is 23.2 Å². The van der Waals surface area contributed by atoms with Gasteiger partial charge in [-0.3, -0.25) is 9.59 Å². The average molecular weight is 493 g/mol. The maximum Gasteiger partial charge on any atom is 0.259 e. The molecular weight excluding hydrogens is 471 g/mol. The van der Waals surface area contributed by atoms with Gasteiger partial charge >= 0.3 is 0 Å². The summed E-state index contributed by atoms with van der Waals surface area (Å²) >= 11 is 5.84. The highest BCUT2D eigenvalue weighted by Gasteiger charge is 2.31. The molecule has 35 heavy (non-hydrogen) atoms. The Morgan fingerprint density at radius 3 is 2.43 bits per heavy atom. The van der Waals surface area contributed by atoms with Gasteiger partial charge in [-0.05, 0) is 49.2 Å². The van der Waals surface area contributed by atoms with Gasteiger partial charge in [-0.2, -0.15) is 5.10 Å². The van der Waals surface area contributed by atoms with Crippen LogP contribution in [0, 0.1) is 11.7 Å². The lowest BCUT2D eigenvalue weighted by Gasteiger charge is -2.31. The van der Waals surface area contributed by atoms with Crippen molar-refractivity contribution < 1.29 is 14.0 Å². The van der Waals surface area contributed by atoms with E-state index in [2.05, 4.69) is 15.4 Å². The molecule has 0 radical (unpaired) electrons. The quantitative estimate of drug-likeness (QED) is 0.449. The first kappa shape index (κ1) is 22.8. The summed E-state index contributed by atoms with van der Waals surface area (Å²) in [6.07, 6.45) is 7.55. The molecule has 8 nitrogen and oxygen atoms in total. The second kappa shape index (κ2) is 9.71. The summed E-state index contributed by atoms with van der Waals surface area (Å²) in [5.74, 6) is -0.123. The second-order valence-corrected chi connectivity index (χ2v) is 8.69. The van der Waals surface area contributed by atoms with E-state index >= 15 is 0 Å². The van der Waals surface area contributed by atoms with Gasteiger partial charge in [-0.1, -0.05) is 23.7 Å². The van der Waals surface area contributed by atoms with Gasteiger partial charge in [0.1, 0.15) is 22.9 Å². The van der Waals surface area contributed by atoms with Crippen molar-refractivity contribution in [2.45, 2.75) is 12.8 Å². The molecule has 1 aliphatic rings. The number of halogens is 2. The molecule has 1 aliphatic heterocycles. The Morgan fingerprint density at radius 2 is 1.74 bits per heavy atom. The zero-order valence-corrected chi connectivity index (χ0v) is 19.4. The molecule has 2 amide bonds. The molecule has 1 N–H and O–H groups in total. The Balaban J connectivity index is 1.33. The van der Waals surface area contributed by atoms with Crippen LogP contribution in [0.4, 0.5) is 10.2 Å². The summed E-state index contributed by atoms with van der Waals surface area (Å²) in [4.78, 5) is 32.0. The predicted molar refractivity (Wildman–Crippen MR) is 129 cm³/mol. The molecule has 0 atom stereocenters. The van der Waals surface area contributed by atoms with Gasteiger partial charge in [-0.25, -0.2) is 14.1 Å². The number of hydrogen-bond donors (Lipinski definition) is 1. The third-order valence-corrected chi connectivity index (χ3v) is 6.26. The molecule has 178 valence electrons. The molecular formula is C25H22ClFN6O2. The lowest BCUT2D eigenvalue weighted by atomic mass is 9.95. The summed E-state index contributed by atoms with van der Waals surface area (Å²) in [5, 5.41) is 7.64. The normalized spacial score (nSPS) is 14.2. The van der Waals surface area contributed by atoms with Crippen LogP contribution in [-0.2, 0) is 4.79 Å². The van der Waals surface area contributed by atoms with Crippen LogP contribution in [0.25, 0.3) is 11.5 Å². The number of nitrogens with one attached hydrogen (secondary N) is 1. The minimum absolute atomic E-state index is 0.132. The Morgan fingerprint density at radius 1 is 1.00 bits per heavy atom. The molecule has 0 unspecified atom stereocenters. The fourth-order valence-corrected chi connectivity index (χ4v) is 4.32. The van der Waals surface area contributed by atoms with E-state index < -0.39 is 5.82 Å². The number of piperidine rings is 1. The third kappa shape index (κ3) is 4.67. The number of benzene rings is 1. The highest BCUT2D eigenvalue weighted by Crippen LogP contribution is 2.26. The van der Waals surface area contributed by atoms with Gasteiger partial charge in [-0.15, -0.1) is 0 Å². The predicted octanol–water partition coefficient (Wildman–Crippen LogP) is 4.34. The van der Waals surface area contributed by atoms with E-state index in [1.54, 1.807) is 52.2 Å². The molecule has 3 aromatic heterocycles. The second-order valence-electron chi connectivity index (χ2n) is 8.25. The number of rotatable bonds is 5. The van der Waals surface area contributed by atoms with Crippen LogP contribution in [-0.4, -0.2) is 49.1 Å². The van der Waals surface area contributed by atoms with E-state index in [-0.39, 0.29) is 23.4 Å². The zero-order chi connectivity index (χ0) is 24.4. The standard InChI is InChI=1S/C25H22ClFN6O2/c26-18-7-8-22(28-15-18)30-23(34)17-9-13-32(14-10-17)25(35)19-16-29-33(21-6-2-1-5-20(21)27)24(19)31-11-3-4-12-31/h1-8,11-12,15-17H,9-10,13-14H2,(H,28,30,34). The minimum atomic E-state index is -0.440.